The Hall–Kier alpha value is -0.120. The number of halogens is 1. The van der Waals surface area contributed by atoms with Crippen LogP contribution in [-0.2, 0) is 9.47 Å². The number of hydrogen-bond acceptors (Lipinski definition) is 4. The number of hydrogen-bond donors (Lipinski definition) is 2. The molecule has 6 nitrogen and oxygen atoms in total. The van der Waals surface area contributed by atoms with Gasteiger partial charge in [0.05, 0.1) is 25.4 Å². The van der Waals surface area contributed by atoms with Crippen molar-refractivity contribution in [2.24, 2.45) is 10.9 Å². The molecule has 0 aromatic rings. The molecule has 27 heavy (non-hydrogen) atoms. The van der Waals surface area contributed by atoms with Gasteiger partial charge in [0.15, 0.2) is 5.96 Å². The molecule has 2 aliphatic rings. The van der Waals surface area contributed by atoms with Crippen LogP contribution in [0.5, 0.6) is 0 Å². The van der Waals surface area contributed by atoms with Gasteiger partial charge in [-0.25, -0.2) is 0 Å². The van der Waals surface area contributed by atoms with E-state index in [9.17, 15) is 0 Å². The first-order valence-electron chi connectivity index (χ1n) is 10.6. The molecule has 1 saturated heterocycles. The van der Waals surface area contributed by atoms with Crippen LogP contribution in [0, 0.1) is 5.92 Å². The van der Waals surface area contributed by atoms with Crippen LogP contribution in [0.4, 0.5) is 0 Å². The second-order valence-electron chi connectivity index (χ2n) is 7.92. The molecule has 1 unspecified atom stereocenters. The standard InChI is InChI=1S/C20H40N4O2.HI/c1-4-21-20(22-10-7-12-25-18-8-5-6-9-18)23-14-19-16-24(11-13-26-19)15-17(2)3;/h17-19H,4-16H2,1-3H3,(H2,21,22,23);1H. The van der Waals surface area contributed by atoms with Gasteiger partial charge in [-0.05, 0) is 32.1 Å². The number of nitrogens with zero attached hydrogens (tertiary/aromatic N) is 2. The lowest BCUT2D eigenvalue weighted by atomic mass is 10.2. The van der Waals surface area contributed by atoms with Crippen molar-refractivity contribution in [1.82, 2.24) is 15.5 Å². The van der Waals surface area contributed by atoms with Crippen LogP contribution in [-0.4, -0.2) is 75.5 Å². The minimum absolute atomic E-state index is 0. The first kappa shape index (κ1) is 24.9. The molecule has 7 heteroatoms. The second kappa shape index (κ2) is 14.8. The molecule has 1 atom stereocenters. The first-order valence-corrected chi connectivity index (χ1v) is 10.6. The van der Waals surface area contributed by atoms with Crippen molar-refractivity contribution >= 4 is 29.9 Å². The minimum Gasteiger partial charge on any atom is -0.378 e. The van der Waals surface area contributed by atoms with Gasteiger partial charge in [-0.2, -0.15) is 0 Å². The molecule has 2 fully saturated rings. The Morgan fingerprint density at radius 3 is 2.74 bits per heavy atom. The van der Waals surface area contributed by atoms with Gasteiger partial charge >= 0.3 is 0 Å². The number of aliphatic imine (C=N–C) groups is 1. The molecule has 0 aromatic heterocycles. The van der Waals surface area contributed by atoms with Gasteiger partial charge < -0.3 is 20.1 Å². The Kier molecular flexibility index (Phi) is 13.7. The predicted octanol–water partition coefficient (Wildman–Crippen LogP) is 2.87. The highest BCUT2D eigenvalue weighted by atomic mass is 127. The summed E-state index contributed by atoms with van der Waals surface area (Å²) in [5, 5.41) is 6.75. The third-order valence-electron chi connectivity index (χ3n) is 4.91. The Morgan fingerprint density at radius 1 is 1.26 bits per heavy atom. The van der Waals surface area contributed by atoms with E-state index in [1.807, 2.05) is 0 Å². The number of nitrogens with one attached hydrogen (secondary N) is 2. The second-order valence-corrected chi connectivity index (χ2v) is 7.92. The summed E-state index contributed by atoms with van der Waals surface area (Å²) >= 11 is 0. The zero-order valence-corrected chi connectivity index (χ0v) is 19.9. The highest BCUT2D eigenvalue weighted by molar-refractivity contribution is 14.0. The summed E-state index contributed by atoms with van der Waals surface area (Å²) in [4.78, 5) is 7.22. The number of guanidine groups is 1. The van der Waals surface area contributed by atoms with E-state index >= 15 is 0 Å². The lowest BCUT2D eigenvalue weighted by Gasteiger charge is -2.33. The fraction of sp³-hybridized carbons (Fsp3) is 0.950. The van der Waals surface area contributed by atoms with E-state index in [-0.39, 0.29) is 30.1 Å². The van der Waals surface area contributed by atoms with Crippen molar-refractivity contribution in [3.05, 3.63) is 0 Å². The maximum Gasteiger partial charge on any atom is 0.191 e. The smallest absolute Gasteiger partial charge is 0.191 e. The number of ether oxygens (including phenoxy) is 2. The SMILES string of the molecule is CCNC(=NCC1CN(CC(C)C)CCO1)NCCCOC1CCCC1.I. The summed E-state index contributed by atoms with van der Waals surface area (Å²) in [5.41, 5.74) is 0. The monoisotopic (exact) mass is 496 g/mol. The fourth-order valence-corrected chi connectivity index (χ4v) is 3.69. The van der Waals surface area contributed by atoms with Gasteiger partial charge in [0.2, 0.25) is 0 Å². The van der Waals surface area contributed by atoms with Crippen LogP contribution in [0.25, 0.3) is 0 Å². The zero-order chi connectivity index (χ0) is 18.6. The van der Waals surface area contributed by atoms with Gasteiger partial charge in [0.25, 0.3) is 0 Å². The molecule has 1 saturated carbocycles. The van der Waals surface area contributed by atoms with Crippen molar-refractivity contribution in [3.8, 4) is 0 Å². The molecule has 0 aromatic carbocycles. The van der Waals surface area contributed by atoms with Gasteiger partial charge in [0.1, 0.15) is 0 Å². The zero-order valence-electron chi connectivity index (χ0n) is 17.5. The average Bonchev–Trinajstić information content (AvgIpc) is 3.12. The number of morpholine rings is 1. The third-order valence-corrected chi connectivity index (χ3v) is 4.91. The van der Waals surface area contributed by atoms with Crippen LogP contribution in [0.2, 0.25) is 0 Å². The van der Waals surface area contributed by atoms with E-state index in [2.05, 4.69) is 36.3 Å². The van der Waals surface area contributed by atoms with Crippen molar-refractivity contribution in [2.45, 2.75) is 65.1 Å². The maximum absolute atomic E-state index is 5.92. The molecular formula is C20H41IN4O2. The summed E-state index contributed by atoms with van der Waals surface area (Å²) < 4.78 is 11.8. The van der Waals surface area contributed by atoms with Gasteiger partial charge in [0, 0.05) is 39.3 Å². The Morgan fingerprint density at radius 2 is 2.04 bits per heavy atom. The molecule has 0 radical (unpaired) electrons. The van der Waals surface area contributed by atoms with Gasteiger partial charge in [-0.1, -0.05) is 26.7 Å². The average molecular weight is 496 g/mol. The molecular weight excluding hydrogens is 455 g/mol. The molecule has 0 amide bonds. The summed E-state index contributed by atoms with van der Waals surface area (Å²) in [6.07, 6.45) is 6.87. The Labute approximate surface area is 183 Å². The van der Waals surface area contributed by atoms with Crippen LogP contribution in [0.3, 0.4) is 0 Å². The summed E-state index contributed by atoms with van der Waals surface area (Å²) in [5.74, 6) is 1.58. The molecule has 2 N–H and O–H groups in total. The summed E-state index contributed by atoms with van der Waals surface area (Å²) in [6.45, 7) is 13.9. The molecule has 2 rings (SSSR count). The van der Waals surface area contributed by atoms with Crippen LogP contribution in [0.1, 0.15) is 52.9 Å². The van der Waals surface area contributed by atoms with E-state index in [0.29, 0.717) is 18.6 Å². The molecule has 0 spiro atoms. The highest BCUT2D eigenvalue weighted by Crippen LogP contribution is 2.20. The fourth-order valence-electron chi connectivity index (χ4n) is 3.69. The minimum atomic E-state index is 0. The van der Waals surface area contributed by atoms with Crippen molar-refractivity contribution in [3.63, 3.8) is 0 Å². The van der Waals surface area contributed by atoms with Gasteiger partial charge in [-0.15, -0.1) is 24.0 Å². The van der Waals surface area contributed by atoms with Crippen molar-refractivity contribution in [2.75, 3.05) is 52.5 Å². The van der Waals surface area contributed by atoms with Crippen molar-refractivity contribution < 1.29 is 9.47 Å². The van der Waals surface area contributed by atoms with E-state index in [0.717, 1.165) is 58.3 Å². The van der Waals surface area contributed by atoms with Gasteiger partial charge in [-0.3, -0.25) is 9.89 Å². The lowest BCUT2D eigenvalue weighted by Crippen LogP contribution is -2.46. The summed E-state index contributed by atoms with van der Waals surface area (Å²) in [7, 11) is 0. The molecule has 1 heterocycles. The molecule has 1 aliphatic carbocycles. The largest absolute Gasteiger partial charge is 0.378 e. The maximum atomic E-state index is 5.92. The highest BCUT2D eigenvalue weighted by Gasteiger charge is 2.20. The molecule has 0 bridgehead atoms. The quantitative estimate of drug-likeness (QED) is 0.211. The summed E-state index contributed by atoms with van der Waals surface area (Å²) in [6, 6.07) is 0. The Bertz CT molecular complexity index is 403. The number of rotatable bonds is 10. The molecule has 1 aliphatic heterocycles. The lowest BCUT2D eigenvalue weighted by molar-refractivity contribution is -0.0261. The normalized spacial score (nSPS) is 22.1. The first-order chi connectivity index (χ1) is 12.7. The topological polar surface area (TPSA) is 58.1 Å². The van der Waals surface area contributed by atoms with Crippen molar-refractivity contribution in [1.29, 1.82) is 0 Å². The Balaban J connectivity index is 0.00000364. The van der Waals surface area contributed by atoms with E-state index in [1.54, 1.807) is 0 Å². The van der Waals surface area contributed by atoms with Crippen LogP contribution < -0.4 is 10.6 Å². The van der Waals surface area contributed by atoms with E-state index in [1.165, 1.54) is 25.7 Å². The van der Waals surface area contributed by atoms with E-state index < -0.39 is 0 Å². The van der Waals surface area contributed by atoms with Crippen LogP contribution >= 0.6 is 24.0 Å². The van der Waals surface area contributed by atoms with E-state index in [4.69, 9.17) is 14.5 Å². The predicted molar refractivity (Wildman–Crippen MR) is 123 cm³/mol. The third kappa shape index (κ3) is 10.9. The molecule has 160 valence electrons. The van der Waals surface area contributed by atoms with Crippen LogP contribution in [0.15, 0.2) is 4.99 Å².